The van der Waals surface area contributed by atoms with Gasteiger partial charge in [0, 0.05) is 0 Å². The molecule has 106 valence electrons. The Hall–Kier alpha value is -2.95. The van der Waals surface area contributed by atoms with Gasteiger partial charge in [0.05, 0.1) is 0 Å². The molecule has 1 amide bonds. The van der Waals surface area contributed by atoms with Crippen LogP contribution < -0.4 is 10.5 Å². The van der Waals surface area contributed by atoms with Gasteiger partial charge in [-0.1, -0.05) is 0 Å². The van der Waals surface area contributed by atoms with Crippen molar-refractivity contribution in [3.05, 3.63) is 72.3 Å². The van der Waals surface area contributed by atoms with Crippen LogP contribution in [0.5, 0.6) is 11.5 Å². The van der Waals surface area contributed by atoms with Gasteiger partial charge >= 0.3 is 128 Å². The molecule has 0 fully saturated rings. The maximum absolute atomic E-state index is 11.0. The number of hydrogen-bond donors (Lipinski definition) is 1. The zero-order chi connectivity index (χ0) is 15.4. The number of carbonyl (C=O) groups is 1. The molecule has 0 aliphatic heterocycles. The molecule has 0 spiro atoms. The first-order valence-corrected chi connectivity index (χ1v) is 6.82. The maximum atomic E-state index is 11.0. The van der Waals surface area contributed by atoms with Crippen molar-refractivity contribution in [3.8, 4) is 22.6 Å². The zero-order valence-corrected chi connectivity index (χ0v) is 11.8. The number of amides is 1. The topological polar surface area (TPSA) is 65.2 Å². The second-order valence-corrected chi connectivity index (χ2v) is 4.71. The van der Waals surface area contributed by atoms with Gasteiger partial charge in [-0.05, 0) is 0 Å². The van der Waals surface area contributed by atoms with Crippen LogP contribution in [0.1, 0.15) is 10.5 Å². The average molecular weight is 288 g/mol. The molecule has 3 rings (SSSR count). The Kier molecular flexibility index (Phi) is 3.96. The monoisotopic (exact) mass is 288 g/mol. The van der Waals surface area contributed by atoms with Gasteiger partial charge in [0.15, 0.2) is 0 Å². The first-order chi connectivity index (χ1) is 10.7. The Morgan fingerprint density at radius 3 is 2.50 bits per heavy atom. The molecule has 5 heteroatoms. The molecule has 0 saturated carbocycles. The van der Waals surface area contributed by atoms with Crippen LogP contribution in [-0.2, 0) is 0 Å². The zero-order valence-electron chi connectivity index (χ0n) is 11.8. The van der Waals surface area contributed by atoms with Crippen molar-refractivity contribution in [2.24, 2.45) is 5.73 Å². The molecular formula is C17H13BN2O2. The van der Waals surface area contributed by atoms with E-state index in [-0.39, 0.29) is 5.69 Å². The summed E-state index contributed by atoms with van der Waals surface area (Å²) >= 11 is 0. The van der Waals surface area contributed by atoms with E-state index in [1.807, 2.05) is 55.2 Å². The van der Waals surface area contributed by atoms with E-state index in [0.717, 1.165) is 16.9 Å². The van der Waals surface area contributed by atoms with Crippen molar-refractivity contribution >= 4 is 12.8 Å². The minimum absolute atomic E-state index is 0.212. The number of pyridine rings is 1. The van der Waals surface area contributed by atoms with Crippen LogP contribution in [0.15, 0.2) is 66.7 Å². The summed E-state index contributed by atoms with van der Waals surface area (Å²) in [6.07, 6.45) is 1.49. The Morgan fingerprint density at radius 2 is 1.82 bits per heavy atom. The molecule has 0 radical (unpaired) electrons. The van der Waals surface area contributed by atoms with Crippen molar-refractivity contribution in [3.63, 3.8) is 0 Å². The third kappa shape index (κ3) is 3.04. The van der Waals surface area contributed by atoms with Crippen LogP contribution in [0.25, 0.3) is 11.1 Å². The molecule has 1 aromatic carbocycles. The van der Waals surface area contributed by atoms with Crippen LogP contribution >= 0.6 is 0 Å². The first kappa shape index (κ1) is 14.0. The number of carbonyl (C=O) groups excluding carboxylic acids is 1. The van der Waals surface area contributed by atoms with Gasteiger partial charge in [-0.2, -0.15) is 0 Å². The van der Waals surface area contributed by atoms with Crippen LogP contribution in [0, 0.1) is 0 Å². The fourth-order valence-corrected chi connectivity index (χ4v) is 2.13. The first-order valence-electron chi connectivity index (χ1n) is 6.82. The van der Waals surface area contributed by atoms with Gasteiger partial charge in [-0.3, -0.25) is 0 Å². The normalized spacial score (nSPS) is 10.0. The van der Waals surface area contributed by atoms with Gasteiger partial charge in [0.2, 0.25) is 0 Å². The average Bonchev–Trinajstić information content (AvgIpc) is 2.57. The summed E-state index contributed by atoms with van der Waals surface area (Å²) in [4.78, 5) is 15.0. The predicted molar refractivity (Wildman–Crippen MR) is 86.1 cm³/mol. The van der Waals surface area contributed by atoms with E-state index in [9.17, 15) is 4.79 Å². The number of hydrogen-bond acceptors (Lipinski definition) is 3. The van der Waals surface area contributed by atoms with Gasteiger partial charge in [0.25, 0.3) is 0 Å². The van der Waals surface area contributed by atoms with Crippen molar-refractivity contribution in [2.75, 3.05) is 0 Å². The van der Waals surface area contributed by atoms with E-state index < -0.39 is 5.91 Å². The molecule has 0 aliphatic rings. The summed E-state index contributed by atoms with van der Waals surface area (Å²) in [6.45, 7) is 1.97. The number of benzene rings is 1. The van der Waals surface area contributed by atoms with Crippen molar-refractivity contribution in [1.82, 2.24) is 4.98 Å². The Labute approximate surface area is 128 Å². The summed E-state index contributed by atoms with van der Waals surface area (Å²) in [6, 6.07) is 15.0. The number of para-hydroxylation sites is 1. The molecule has 22 heavy (non-hydrogen) atoms. The fourth-order valence-electron chi connectivity index (χ4n) is 2.13. The molecule has 0 bridgehead atoms. The molecular weight excluding hydrogens is 275 g/mol. The summed E-state index contributed by atoms with van der Waals surface area (Å²) in [7, 11) is 0. The second kappa shape index (κ2) is 6.22. The number of aromatic nitrogens is 1. The summed E-state index contributed by atoms with van der Waals surface area (Å²) in [5, 5.41) is 0. The molecule has 3 aromatic rings. The van der Waals surface area contributed by atoms with E-state index in [2.05, 4.69) is 4.98 Å². The molecule has 0 aliphatic carbocycles. The van der Waals surface area contributed by atoms with E-state index in [4.69, 9.17) is 10.5 Å². The minimum atomic E-state index is -0.559. The van der Waals surface area contributed by atoms with E-state index >= 15 is 0 Å². The third-order valence-electron chi connectivity index (χ3n) is 3.19. The summed E-state index contributed by atoms with van der Waals surface area (Å²) in [5.74, 6) is 4.68. The van der Waals surface area contributed by atoms with E-state index in [0.29, 0.717) is 5.75 Å². The predicted octanol–water partition coefficient (Wildman–Crippen LogP) is 2.98. The standard InChI is InChI=1S/C17H13BN2O2/c19-17(21)15-6-5-13(11-20-15)22-16-4-2-1-3-14(16)12-7-9-18-10-8-12/h1-11H,(H2,19,21). The van der Waals surface area contributed by atoms with Crippen molar-refractivity contribution in [2.45, 2.75) is 0 Å². The number of nitrogens with two attached hydrogens (primary N) is 1. The van der Waals surface area contributed by atoms with Crippen molar-refractivity contribution < 1.29 is 9.53 Å². The molecule has 4 nitrogen and oxygen atoms in total. The Balaban J connectivity index is 1.91. The SMILES string of the molecule is NC(=O)c1ccc(Oc2ccccc2-c2ccbcc2)cn1. The Morgan fingerprint density at radius 1 is 1.05 bits per heavy atom. The van der Waals surface area contributed by atoms with Crippen LogP contribution in [0.2, 0.25) is 0 Å². The molecule has 2 aromatic heterocycles. The van der Waals surface area contributed by atoms with Gasteiger partial charge in [-0.15, -0.1) is 0 Å². The summed E-state index contributed by atoms with van der Waals surface area (Å²) < 4.78 is 5.88. The third-order valence-corrected chi connectivity index (χ3v) is 3.19. The Bertz CT molecular complexity index is 789. The van der Waals surface area contributed by atoms with Crippen LogP contribution in [0.3, 0.4) is 0 Å². The van der Waals surface area contributed by atoms with Crippen LogP contribution in [0.4, 0.5) is 0 Å². The quantitative estimate of drug-likeness (QED) is 0.802. The second-order valence-electron chi connectivity index (χ2n) is 4.71. The molecule has 2 heterocycles. The van der Waals surface area contributed by atoms with Crippen LogP contribution in [-0.4, -0.2) is 17.8 Å². The number of primary amides is 1. The molecule has 2 N–H and O–H groups in total. The summed E-state index contributed by atoms with van der Waals surface area (Å²) in [5.41, 5.74) is 7.44. The molecule has 0 atom stereocenters. The number of rotatable bonds is 4. The fraction of sp³-hybridized carbons (Fsp3) is 0. The van der Waals surface area contributed by atoms with E-state index in [1.54, 1.807) is 12.1 Å². The number of ether oxygens (including phenoxy) is 1. The molecule has 0 unspecified atom stereocenters. The van der Waals surface area contributed by atoms with Crippen molar-refractivity contribution in [1.29, 1.82) is 0 Å². The van der Waals surface area contributed by atoms with Gasteiger partial charge < -0.3 is 0 Å². The number of nitrogens with zero attached hydrogens (tertiary/aromatic N) is 1. The van der Waals surface area contributed by atoms with Gasteiger partial charge in [-0.25, -0.2) is 0 Å². The molecule has 0 saturated heterocycles. The van der Waals surface area contributed by atoms with Gasteiger partial charge in [0.1, 0.15) is 0 Å². The van der Waals surface area contributed by atoms with E-state index in [1.165, 1.54) is 6.20 Å².